The summed E-state index contributed by atoms with van der Waals surface area (Å²) >= 11 is 5.83. The van der Waals surface area contributed by atoms with E-state index in [2.05, 4.69) is 0 Å². The molecule has 0 saturated heterocycles. The second-order valence-electron chi connectivity index (χ2n) is 4.46. The van der Waals surface area contributed by atoms with Crippen molar-refractivity contribution >= 4 is 17.4 Å². The number of carbonyl (C=O) groups is 1. The first-order chi connectivity index (χ1) is 7.51. The third-order valence-electron chi connectivity index (χ3n) is 2.90. The van der Waals surface area contributed by atoms with Crippen molar-refractivity contribution in [2.24, 2.45) is 5.41 Å². The van der Waals surface area contributed by atoms with Crippen molar-refractivity contribution in [3.63, 3.8) is 0 Å². The van der Waals surface area contributed by atoms with Gasteiger partial charge in [0.25, 0.3) is 0 Å². The summed E-state index contributed by atoms with van der Waals surface area (Å²) < 4.78 is 5.55. The maximum atomic E-state index is 11.8. The predicted molar refractivity (Wildman–Crippen MR) is 63.2 cm³/mol. The van der Waals surface area contributed by atoms with Crippen LogP contribution in [0.15, 0.2) is 36.6 Å². The number of allylic oxidation sites excluding steroid dienone is 1. The van der Waals surface area contributed by atoms with Gasteiger partial charge in [0.15, 0.2) is 5.78 Å². The minimum absolute atomic E-state index is 0.0821. The van der Waals surface area contributed by atoms with Gasteiger partial charge in [0.05, 0.1) is 11.7 Å². The number of hydrogen-bond acceptors (Lipinski definition) is 2. The van der Waals surface area contributed by atoms with Gasteiger partial charge in [-0.15, -0.1) is 0 Å². The van der Waals surface area contributed by atoms with Crippen LogP contribution in [0.5, 0.6) is 0 Å². The molecule has 1 aromatic rings. The molecule has 0 spiro atoms. The van der Waals surface area contributed by atoms with E-state index in [1.54, 1.807) is 12.1 Å². The molecule has 0 amide bonds. The van der Waals surface area contributed by atoms with Crippen LogP contribution in [0.4, 0.5) is 0 Å². The van der Waals surface area contributed by atoms with Crippen molar-refractivity contribution in [1.82, 2.24) is 0 Å². The van der Waals surface area contributed by atoms with Crippen molar-refractivity contribution in [3.8, 4) is 0 Å². The summed E-state index contributed by atoms with van der Waals surface area (Å²) in [5, 5.41) is 0.680. The normalized spacial score (nSPS) is 22.9. The highest BCUT2D eigenvalue weighted by Crippen LogP contribution is 2.40. The zero-order valence-electron chi connectivity index (χ0n) is 9.24. The molecule has 0 aromatic heterocycles. The lowest BCUT2D eigenvalue weighted by Gasteiger charge is -2.34. The summed E-state index contributed by atoms with van der Waals surface area (Å²) in [6.07, 6.45) is 2.70. The van der Waals surface area contributed by atoms with Gasteiger partial charge in [0.1, 0.15) is 6.10 Å². The Labute approximate surface area is 99.9 Å². The SMILES string of the molecule is CC1(C)C(=O)C=CO[C@@H]1c1ccc(Cl)cc1. The molecule has 2 rings (SSSR count). The first-order valence-corrected chi connectivity index (χ1v) is 5.51. The highest BCUT2D eigenvalue weighted by molar-refractivity contribution is 6.30. The zero-order valence-corrected chi connectivity index (χ0v) is 9.99. The highest BCUT2D eigenvalue weighted by Gasteiger charge is 2.39. The summed E-state index contributed by atoms with van der Waals surface area (Å²) in [5.41, 5.74) is 0.426. The van der Waals surface area contributed by atoms with Gasteiger partial charge in [0, 0.05) is 11.1 Å². The number of ketones is 1. The second kappa shape index (κ2) is 3.95. The molecule has 1 aliphatic rings. The summed E-state index contributed by atoms with van der Waals surface area (Å²) in [6.45, 7) is 3.77. The van der Waals surface area contributed by atoms with E-state index in [4.69, 9.17) is 16.3 Å². The fourth-order valence-corrected chi connectivity index (χ4v) is 1.95. The minimum atomic E-state index is -0.539. The van der Waals surface area contributed by atoms with Crippen molar-refractivity contribution in [1.29, 1.82) is 0 Å². The summed E-state index contributed by atoms with van der Waals surface area (Å²) in [5.74, 6) is 0.0821. The Bertz CT molecular complexity index is 432. The largest absolute Gasteiger partial charge is 0.492 e. The van der Waals surface area contributed by atoms with Crippen molar-refractivity contribution < 1.29 is 9.53 Å². The molecule has 0 bridgehead atoms. The molecule has 0 saturated carbocycles. The molecule has 2 nitrogen and oxygen atoms in total. The molecule has 1 atom stereocenters. The highest BCUT2D eigenvalue weighted by atomic mass is 35.5. The Kier molecular flexibility index (Phi) is 2.76. The molecule has 0 N–H and O–H groups in total. The average Bonchev–Trinajstić information content (AvgIpc) is 2.24. The number of carbonyl (C=O) groups excluding carboxylic acids is 1. The maximum absolute atomic E-state index is 11.8. The fraction of sp³-hybridized carbons (Fsp3) is 0.308. The van der Waals surface area contributed by atoms with Gasteiger partial charge in [-0.1, -0.05) is 23.7 Å². The molecular formula is C13H13ClO2. The smallest absolute Gasteiger partial charge is 0.168 e. The van der Waals surface area contributed by atoms with E-state index in [0.717, 1.165) is 5.56 Å². The Morgan fingerprint density at radius 3 is 2.50 bits per heavy atom. The lowest BCUT2D eigenvalue weighted by molar-refractivity contribution is -0.131. The van der Waals surface area contributed by atoms with Crippen LogP contribution < -0.4 is 0 Å². The molecule has 1 aromatic carbocycles. The van der Waals surface area contributed by atoms with Gasteiger partial charge in [-0.25, -0.2) is 0 Å². The number of hydrogen-bond donors (Lipinski definition) is 0. The van der Waals surface area contributed by atoms with Crippen molar-refractivity contribution in [3.05, 3.63) is 47.2 Å². The van der Waals surface area contributed by atoms with Crippen LogP contribution in [0, 0.1) is 5.41 Å². The number of benzene rings is 1. The van der Waals surface area contributed by atoms with Crippen LogP contribution in [0.3, 0.4) is 0 Å². The maximum Gasteiger partial charge on any atom is 0.168 e. The molecular weight excluding hydrogens is 224 g/mol. The second-order valence-corrected chi connectivity index (χ2v) is 4.89. The van der Waals surface area contributed by atoms with E-state index in [9.17, 15) is 4.79 Å². The molecule has 0 unspecified atom stereocenters. The van der Waals surface area contributed by atoms with Crippen LogP contribution in [0.1, 0.15) is 25.5 Å². The van der Waals surface area contributed by atoms with Crippen molar-refractivity contribution in [2.45, 2.75) is 20.0 Å². The first kappa shape index (κ1) is 11.2. The van der Waals surface area contributed by atoms with Crippen LogP contribution in [-0.2, 0) is 9.53 Å². The van der Waals surface area contributed by atoms with Gasteiger partial charge >= 0.3 is 0 Å². The summed E-state index contributed by atoms with van der Waals surface area (Å²) in [6, 6.07) is 7.39. The average molecular weight is 237 g/mol. The number of rotatable bonds is 1. The third kappa shape index (κ3) is 1.85. The van der Waals surface area contributed by atoms with Crippen LogP contribution >= 0.6 is 11.6 Å². The lowest BCUT2D eigenvalue weighted by atomic mass is 9.78. The van der Waals surface area contributed by atoms with E-state index in [0.29, 0.717) is 5.02 Å². The predicted octanol–water partition coefficient (Wildman–Crippen LogP) is 3.52. The Balaban J connectivity index is 2.37. The van der Waals surface area contributed by atoms with Crippen LogP contribution in [-0.4, -0.2) is 5.78 Å². The number of halogens is 1. The van der Waals surface area contributed by atoms with Crippen LogP contribution in [0.2, 0.25) is 5.02 Å². The van der Waals surface area contributed by atoms with E-state index in [1.807, 2.05) is 26.0 Å². The van der Waals surface area contributed by atoms with Crippen molar-refractivity contribution in [2.75, 3.05) is 0 Å². The molecule has 16 heavy (non-hydrogen) atoms. The van der Waals surface area contributed by atoms with E-state index in [-0.39, 0.29) is 11.9 Å². The molecule has 0 radical (unpaired) electrons. The number of ether oxygens (including phenoxy) is 1. The van der Waals surface area contributed by atoms with E-state index < -0.39 is 5.41 Å². The fourth-order valence-electron chi connectivity index (χ4n) is 1.83. The van der Waals surface area contributed by atoms with Crippen LogP contribution in [0.25, 0.3) is 0 Å². The molecule has 3 heteroatoms. The Morgan fingerprint density at radius 1 is 1.25 bits per heavy atom. The van der Waals surface area contributed by atoms with E-state index in [1.165, 1.54) is 12.3 Å². The molecule has 1 heterocycles. The van der Waals surface area contributed by atoms with Gasteiger partial charge < -0.3 is 4.74 Å². The monoisotopic (exact) mass is 236 g/mol. The summed E-state index contributed by atoms with van der Waals surface area (Å²) in [4.78, 5) is 11.8. The third-order valence-corrected chi connectivity index (χ3v) is 3.15. The first-order valence-electron chi connectivity index (χ1n) is 5.14. The molecule has 84 valence electrons. The lowest BCUT2D eigenvalue weighted by Crippen LogP contribution is -2.33. The Hall–Kier alpha value is -1.28. The van der Waals surface area contributed by atoms with Gasteiger partial charge in [0.2, 0.25) is 0 Å². The quantitative estimate of drug-likeness (QED) is 0.746. The Morgan fingerprint density at radius 2 is 1.88 bits per heavy atom. The molecule has 0 fully saturated rings. The van der Waals surface area contributed by atoms with Gasteiger partial charge in [-0.3, -0.25) is 4.79 Å². The molecule has 0 aliphatic carbocycles. The van der Waals surface area contributed by atoms with Gasteiger partial charge in [-0.05, 0) is 31.5 Å². The zero-order chi connectivity index (χ0) is 11.8. The topological polar surface area (TPSA) is 26.3 Å². The summed E-state index contributed by atoms with van der Waals surface area (Å²) in [7, 11) is 0. The minimum Gasteiger partial charge on any atom is -0.492 e. The molecule has 1 aliphatic heterocycles. The van der Waals surface area contributed by atoms with Gasteiger partial charge in [-0.2, -0.15) is 0 Å². The van der Waals surface area contributed by atoms with E-state index >= 15 is 0 Å². The standard InChI is InChI=1S/C13H13ClO2/c1-13(2)11(15)7-8-16-12(13)9-3-5-10(14)6-4-9/h3-8,12H,1-2H3/t12-/m1/s1.